The van der Waals surface area contributed by atoms with E-state index in [1.807, 2.05) is 35.2 Å². The van der Waals surface area contributed by atoms with Crippen molar-refractivity contribution in [2.75, 3.05) is 18.9 Å². The molecule has 5 nitrogen and oxygen atoms in total. The van der Waals surface area contributed by atoms with Gasteiger partial charge < -0.3 is 9.64 Å². The highest BCUT2D eigenvalue weighted by atomic mass is 32.2. The Balaban J connectivity index is 1.72. The van der Waals surface area contributed by atoms with Crippen LogP contribution < -0.4 is 0 Å². The van der Waals surface area contributed by atoms with E-state index >= 15 is 0 Å². The number of carbonyl (C=O) groups excluding carboxylic acids is 2. The first-order chi connectivity index (χ1) is 10.7. The molecule has 2 atom stereocenters. The molecule has 0 saturated carbocycles. The highest BCUT2D eigenvalue weighted by Crippen LogP contribution is 2.36. The molecule has 1 aromatic carbocycles. The summed E-state index contributed by atoms with van der Waals surface area (Å²) in [4.78, 5) is 28.4. The second kappa shape index (κ2) is 6.60. The van der Waals surface area contributed by atoms with Gasteiger partial charge in [0.25, 0.3) is 0 Å². The molecular formula is C16H20N2O3S. The molecule has 0 bridgehead atoms. The number of urea groups is 1. The van der Waals surface area contributed by atoms with E-state index in [2.05, 4.69) is 0 Å². The van der Waals surface area contributed by atoms with Crippen molar-refractivity contribution in [3.63, 3.8) is 0 Å². The van der Waals surface area contributed by atoms with E-state index in [-0.39, 0.29) is 17.4 Å². The number of hydrogen-bond acceptors (Lipinski definition) is 4. The lowest BCUT2D eigenvalue weighted by atomic mass is 10.1. The molecule has 2 amide bonds. The minimum absolute atomic E-state index is 0.0526. The number of carbonyl (C=O) groups is 2. The molecular weight excluding hydrogens is 300 g/mol. The number of amides is 2. The second-order valence-electron chi connectivity index (χ2n) is 5.44. The van der Waals surface area contributed by atoms with Crippen molar-refractivity contribution in [3.05, 3.63) is 35.9 Å². The molecule has 2 aliphatic heterocycles. The highest BCUT2D eigenvalue weighted by Gasteiger charge is 2.46. The van der Waals surface area contributed by atoms with Crippen molar-refractivity contribution in [3.8, 4) is 0 Å². The third-order valence-corrected chi connectivity index (χ3v) is 5.36. The number of ether oxygens (including phenoxy) is 1. The molecule has 2 aliphatic rings. The van der Waals surface area contributed by atoms with E-state index < -0.39 is 6.04 Å². The van der Waals surface area contributed by atoms with Gasteiger partial charge in [-0.05, 0) is 18.9 Å². The minimum Gasteiger partial charge on any atom is -0.464 e. The summed E-state index contributed by atoms with van der Waals surface area (Å²) in [6, 6.07) is 9.44. The Morgan fingerprint density at radius 1 is 1.36 bits per heavy atom. The van der Waals surface area contributed by atoms with Crippen molar-refractivity contribution in [2.24, 2.45) is 0 Å². The maximum atomic E-state index is 12.8. The summed E-state index contributed by atoms with van der Waals surface area (Å²) in [5.74, 6) is 0.349. The fourth-order valence-electron chi connectivity index (χ4n) is 2.94. The monoisotopic (exact) mass is 320 g/mol. The number of fused-ring (bicyclic) bond motifs is 1. The average Bonchev–Trinajstić information content (AvgIpc) is 2.96. The van der Waals surface area contributed by atoms with E-state index in [4.69, 9.17) is 4.74 Å². The van der Waals surface area contributed by atoms with Crippen LogP contribution in [0.3, 0.4) is 0 Å². The molecule has 118 valence electrons. The first kappa shape index (κ1) is 15.2. The summed E-state index contributed by atoms with van der Waals surface area (Å²) in [5, 5.41) is 0.105. The molecule has 1 aromatic rings. The van der Waals surface area contributed by atoms with E-state index in [1.54, 1.807) is 23.6 Å². The van der Waals surface area contributed by atoms with Gasteiger partial charge in [-0.15, -0.1) is 11.8 Å². The Morgan fingerprint density at radius 3 is 2.86 bits per heavy atom. The van der Waals surface area contributed by atoms with Gasteiger partial charge in [-0.2, -0.15) is 0 Å². The molecule has 0 aliphatic carbocycles. The van der Waals surface area contributed by atoms with Crippen LogP contribution in [0.2, 0.25) is 0 Å². The molecule has 6 heteroatoms. The van der Waals surface area contributed by atoms with Gasteiger partial charge in [0.15, 0.2) is 0 Å². The van der Waals surface area contributed by atoms with E-state index in [0.717, 1.165) is 18.5 Å². The van der Waals surface area contributed by atoms with E-state index in [0.29, 0.717) is 18.9 Å². The molecule has 22 heavy (non-hydrogen) atoms. The Hall–Kier alpha value is -1.69. The summed E-state index contributed by atoms with van der Waals surface area (Å²) < 4.78 is 5.11. The zero-order valence-electron chi connectivity index (χ0n) is 12.6. The summed E-state index contributed by atoms with van der Waals surface area (Å²) >= 11 is 1.68. The normalized spacial score (nSPS) is 24.3. The summed E-state index contributed by atoms with van der Waals surface area (Å²) in [7, 11) is 0. The Morgan fingerprint density at radius 2 is 2.14 bits per heavy atom. The summed E-state index contributed by atoms with van der Waals surface area (Å²) in [6.07, 6.45) is 0.888. The standard InChI is InChI=1S/C16H20N2O3S/c1-2-21-15(19)13-11-22-14-8-9-17(16(20)18(13)14)10-12-6-4-3-5-7-12/h3-7,13-14H,2,8-11H2,1H3/t13-,14-/m0/s1. The molecule has 2 heterocycles. The van der Waals surface area contributed by atoms with Crippen LogP contribution in [0.15, 0.2) is 30.3 Å². The third-order valence-electron chi connectivity index (χ3n) is 4.00. The van der Waals surface area contributed by atoms with Crippen LogP contribution in [0.4, 0.5) is 4.79 Å². The van der Waals surface area contributed by atoms with Crippen LogP contribution in [-0.4, -0.2) is 52.1 Å². The molecule has 0 N–H and O–H groups in total. The number of nitrogens with zero attached hydrogens (tertiary/aromatic N) is 2. The number of benzene rings is 1. The number of hydrogen-bond donors (Lipinski definition) is 0. The van der Waals surface area contributed by atoms with Gasteiger partial charge >= 0.3 is 12.0 Å². The van der Waals surface area contributed by atoms with Crippen molar-refractivity contribution >= 4 is 23.8 Å². The fourth-order valence-corrected chi connectivity index (χ4v) is 4.31. The first-order valence-electron chi connectivity index (χ1n) is 7.60. The van der Waals surface area contributed by atoms with Crippen LogP contribution in [0.25, 0.3) is 0 Å². The number of esters is 1. The van der Waals surface area contributed by atoms with Crippen molar-refractivity contribution in [1.29, 1.82) is 0 Å². The third kappa shape index (κ3) is 2.92. The summed E-state index contributed by atoms with van der Waals surface area (Å²) in [5.41, 5.74) is 1.11. The number of thioether (sulfide) groups is 1. The topological polar surface area (TPSA) is 49.9 Å². The van der Waals surface area contributed by atoms with E-state index in [9.17, 15) is 9.59 Å². The van der Waals surface area contributed by atoms with Gasteiger partial charge in [0.1, 0.15) is 6.04 Å². The van der Waals surface area contributed by atoms with Gasteiger partial charge in [0.2, 0.25) is 0 Å². The maximum Gasteiger partial charge on any atom is 0.329 e. The van der Waals surface area contributed by atoms with Crippen LogP contribution in [0.1, 0.15) is 18.9 Å². The van der Waals surface area contributed by atoms with Crippen LogP contribution in [0.5, 0.6) is 0 Å². The van der Waals surface area contributed by atoms with Gasteiger partial charge in [0.05, 0.1) is 12.0 Å². The second-order valence-corrected chi connectivity index (χ2v) is 6.65. The Bertz CT molecular complexity index is 552. The van der Waals surface area contributed by atoms with Gasteiger partial charge in [-0.1, -0.05) is 30.3 Å². The summed E-state index contributed by atoms with van der Waals surface area (Å²) in [6.45, 7) is 3.46. The molecule has 0 unspecified atom stereocenters. The predicted molar refractivity (Wildman–Crippen MR) is 85.4 cm³/mol. The lowest BCUT2D eigenvalue weighted by Crippen LogP contribution is -2.56. The SMILES string of the molecule is CCOC(=O)[C@@H]1CS[C@H]2CCN(Cc3ccccc3)C(=O)N21. The quantitative estimate of drug-likeness (QED) is 0.799. The van der Waals surface area contributed by atoms with Gasteiger partial charge in [-0.3, -0.25) is 4.90 Å². The van der Waals surface area contributed by atoms with E-state index in [1.165, 1.54) is 0 Å². The zero-order chi connectivity index (χ0) is 15.5. The van der Waals surface area contributed by atoms with Crippen molar-refractivity contribution < 1.29 is 14.3 Å². The Labute approximate surface area is 134 Å². The predicted octanol–water partition coefficient (Wildman–Crippen LogP) is 2.32. The fraction of sp³-hybridized carbons (Fsp3) is 0.500. The molecule has 3 rings (SSSR count). The van der Waals surface area contributed by atoms with Crippen LogP contribution in [-0.2, 0) is 16.1 Å². The zero-order valence-corrected chi connectivity index (χ0v) is 13.4. The maximum absolute atomic E-state index is 12.8. The van der Waals surface area contributed by atoms with Crippen LogP contribution >= 0.6 is 11.8 Å². The average molecular weight is 320 g/mol. The Kier molecular flexibility index (Phi) is 4.57. The lowest BCUT2D eigenvalue weighted by Gasteiger charge is -2.39. The molecule has 0 radical (unpaired) electrons. The largest absolute Gasteiger partial charge is 0.464 e. The smallest absolute Gasteiger partial charge is 0.329 e. The molecule has 0 spiro atoms. The lowest BCUT2D eigenvalue weighted by molar-refractivity contribution is -0.147. The van der Waals surface area contributed by atoms with Gasteiger partial charge in [0, 0.05) is 18.8 Å². The molecule has 2 fully saturated rings. The van der Waals surface area contributed by atoms with Gasteiger partial charge in [-0.25, -0.2) is 9.59 Å². The van der Waals surface area contributed by atoms with Crippen LogP contribution in [0, 0.1) is 0 Å². The van der Waals surface area contributed by atoms with Crippen molar-refractivity contribution in [1.82, 2.24) is 9.80 Å². The molecule has 2 saturated heterocycles. The first-order valence-corrected chi connectivity index (χ1v) is 8.65. The molecule has 0 aromatic heterocycles. The highest BCUT2D eigenvalue weighted by molar-refractivity contribution is 8.00. The number of rotatable bonds is 4. The minimum atomic E-state index is -0.443. The van der Waals surface area contributed by atoms with Crippen molar-refractivity contribution in [2.45, 2.75) is 31.3 Å².